The van der Waals surface area contributed by atoms with Crippen LogP contribution in [0.15, 0.2) is 24.3 Å². The second-order valence-electron chi connectivity index (χ2n) is 15.2. The first-order chi connectivity index (χ1) is 28.0. The highest BCUT2D eigenvalue weighted by molar-refractivity contribution is 5.76. The number of ether oxygens (including phenoxy) is 1. The van der Waals surface area contributed by atoms with E-state index in [-0.39, 0.29) is 57.6 Å². The number of aliphatic carboxylic acids is 3. The van der Waals surface area contributed by atoms with Gasteiger partial charge in [-0.3, -0.25) is 43.6 Å². The number of unbranched alkanes of at least 4 members (excludes halogenated alkanes) is 8. The number of rotatable bonds is 29. The van der Waals surface area contributed by atoms with Gasteiger partial charge in [0.25, 0.3) is 0 Å². The van der Waals surface area contributed by atoms with E-state index < -0.39 is 23.9 Å². The van der Waals surface area contributed by atoms with Crippen molar-refractivity contribution in [2.75, 3.05) is 91.7 Å². The van der Waals surface area contributed by atoms with Crippen molar-refractivity contribution in [3.63, 3.8) is 0 Å². The van der Waals surface area contributed by atoms with Crippen LogP contribution in [-0.4, -0.2) is 169 Å². The maximum absolute atomic E-state index is 12.1. The lowest BCUT2D eigenvalue weighted by Crippen LogP contribution is -2.53. The quantitative estimate of drug-likeness (QED) is 0.0582. The molecule has 0 aromatic heterocycles. The molecular formula is C42H70N6O10. The third-order valence-corrected chi connectivity index (χ3v) is 10.3. The SMILES string of the molecule is CCCCCC(=O)NCCCCCC(=O)NCCCCCCCOc1ccc(CC2CN(CC(=O)O)CCN(CC=O)CCN(CC(=O)O)CCN2CC(=O)O)cc1. The van der Waals surface area contributed by atoms with Crippen LogP contribution in [0.1, 0.15) is 96.0 Å². The Hall–Kier alpha value is -4.12. The van der Waals surface area contributed by atoms with Crippen molar-refractivity contribution in [2.24, 2.45) is 0 Å². The highest BCUT2D eigenvalue weighted by Gasteiger charge is 2.27. The molecule has 0 radical (unpaired) electrons. The van der Waals surface area contributed by atoms with Crippen molar-refractivity contribution in [2.45, 2.75) is 103 Å². The van der Waals surface area contributed by atoms with Crippen molar-refractivity contribution >= 4 is 36.0 Å². The largest absolute Gasteiger partial charge is 0.494 e. The second kappa shape index (κ2) is 30.9. The Balaban J connectivity index is 1.79. The standard InChI is InChI=1S/C42H70N6O10/c1-2-3-8-13-38(50)44-20-11-7-9-14-39(51)43-19-10-5-4-6-12-29-58-37-17-15-35(16-18-37)30-36-31-47(33-41(54)55)24-22-45(27-28-49)21-23-46(32-40(52)53)25-26-48(36)34-42(56)57/h15-18,28,36H,2-14,19-27,29-34H2,1H3,(H,43,51)(H,44,50)(H,52,53)(H,54,55)(H,56,57). The zero-order valence-corrected chi connectivity index (χ0v) is 34.8. The van der Waals surface area contributed by atoms with Crippen LogP contribution in [0.25, 0.3) is 0 Å². The van der Waals surface area contributed by atoms with Crippen molar-refractivity contribution in [3.05, 3.63) is 29.8 Å². The molecule has 1 saturated heterocycles. The first-order valence-corrected chi connectivity index (χ1v) is 21.2. The molecule has 1 aliphatic rings. The topological polar surface area (TPSA) is 209 Å². The van der Waals surface area contributed by atoms with Gasteiger partial charge in [-0.05, 0) is 56.2 Å². The fourth-order valence-electron chi connectivity index (χ4n) is 6.99. The number of hydrogen-bond acceptors (Lipinski definition) is 11. The smallest absolute Gasteiger partial charge is 0.317 e. The Kier molecular flexibility index (Phi) is 26.6. The van der Waals surface area contributed by atoms with E-state index in [4.69, 9.17) is 4.74 Å². The summed E-state index contributed by atoms with van der Waals surface area (Å²) >= 11 is 0. The fraction of sp³-hybridized carbons (Fsp3) is 0.714. The number of amides is 2. The molecule has 16 heteroatoms. The van der Waals surface area contributed by atoms with E-state index in [0.29, 0.717) is 70.9 Å². The van der Waals surface area contributed by atoms with Gasteiger partial charge in [-0.25, -0.2) is 0 Å². The molecule has 1 aromatic rings. The molecule has 1 fully saturated rings. The van der Waals surface area contributed by atoms with Gasteiger partial charge >= 0.3 is 17.9 Å². The highest BCUT2D eigenvalue weighted by Crippen LogP contribution is 2.18. The van der Waals surface area contributed by atoms with Crippen molar-refractivity contribution < 1.29 is 48.8 Å². The molecular weight excluding hydrogens is 748 g/mol. The predicted molar refractivity (Wildman–Crippen MR) is 221 cm³/mol. The average molecular weight is 819 g/mol. The third-order valence-electron chi connectivity index (χ3n) is 10.3. The summed E-state index contributed by atoms with van der Waals surface area (Å²) < 4.78 is 5.98. The maximum atomic E-state index is 12.1. The van der Waals surface area contributed by atoms with Crippen LogP contribution in [0.2, 0.25) is 0 Å². The van der Waals surface area contributed by atoms with Crippen LogP contribution in [0, 0.1) is 0 Å². The summed E-state index contributed by atoms with van der Waals surface area (Å²) in [7, 11) is 0. The van der Waals surface area contributed by atoms with Crippen molar-refractivity contribution in [1.82, 2.24) is 30.2 Å². The fourth-order valence-corrected chi connectivity index (χ4v) is 6.99. The Bertz CT molecular complexity index is 1350. The summed E-state index contributed by atoms with van der Waals surface area (Å²) in [5.41, 5.74) is 0.922. The van der Waals surface area contributed by atoms with Crippen LogP contribution in [0.3, 0.4) is 0 Å². The normalized spacial score (nSPS) is 16.5. The molecule has 2 amide bonds. The van der Waals surface area contributed by atoms with E-state index in [1.54, 1.807) is 14.7 Å². The predicted octanol–water partition coefficient (Wildman–Crippen LogP) is 2.97. The molecule has 1 atom stereocenters. The van der Waals surface area contributed by atoms with Crippen LogP contribution < -0.4 is 15.4 Å². The summed E-state index contributed by atoms with van der Waals surface area (Å²) in [6.45, 7) is 5.72. The van der Waals surface area contributed by atoms with Gasteiger partial charge in [-0.1, -0.05) is 57.6 Å². The number of carboxylic acid groups (broad SMARTS) is 3. The van der Waals surface area contributed by atoms with Crippen LogP contribution in [-0.2, 0) is 35.2 Å². The number of carbonyl (C=O) groups is 6. The summed E-state index contributed by atoms with van der Waals surface area (Å²) in [5.74, 6) is -2.13. The molecule has 1 unspecified atom stereocenters. The summed E-state index contributed by atoms with van der Waals surface area (Å²) in [6.07, 6.45) is 12.9. The Morgan fingerprint density at radius 2 is 1.17 bits per heavy atom. The van der Waals surface area contributed by atoms with Gasteiger partial charge in [-0.2, -0.15) is 0 Å². The molecule has 1 aliphatic heterocycles. The lowest BCUT2D eigenvalue weighted by molar-refractivity contribution is -0.141. The molecule has 58 heavy (non-hydrogen) atoms. The van der Waals surface area contributed by atoms with Gasteiger partial charge in [0.1, 0.15) is 12.0 Å². The molecule has 0 aliphatic carbocycles. The van der Waals surface area contributed by atoms with Crippen LogP contribution in [0.5, 0.6) is 5.75 Å². The molecule has 0 saturated carbocycles. The summed E-state index contributed by atoms with van der Waals surface area (Å²) in [4.78, 5) is 77.9. The third kappa shape index (κ3) is 24.6. The van der Waals surface area contributed by atoms with Crippen LogP contribution in [0.4, 0.5) is 0 Å². The lowest BCUT2D eigenvalue weighted by Gasteiger charge is -2.37. The molecule has 1 heterocycles. The van der Waals surface area contributed by atoms with Gasteiger partial charge < -0.3 is 35.5 Å². The first kappa shape index (κ1) is 50.0. The zero-order valence-electron chi connectivity index (χ0n) is 34.8. The van der Waals surface area contributed by atoms with Gasteiger partial charge in [0, 0.05) is 77.8 Å². The minimum atomic E-state index is -1.03. The number of carboxylic acids is 3. The van der Waals surface area contributed by atoms with Crippen LogP contribution >= 0.6 is 0 Å². The molecule has 16 nitrogen and oxygen atoms in total. The minimum Gasteiger partial charge on any atom is -0.494 e. The van der Waals surface area contributed by atoms with Gasteiger partial charge in [0.2, 0.25) is 11.8 Å². The number of carbonyl (C=O) groups excluding carboxylic acids is 3. The number of nitrogens with zero attached hydrogens (tertiary/aromatic N) is 4. The van der Waals surface area contributed by atoms with E-state index in [2.05, 4.69) is 17.6 Å². The highest BCUT2D eigenvalue weighted by atomic mass is 16.5. The van der Waals surface area contributed by atoms with E-state index in [1.807, 2.05) is 29.2 Å². The molecule has 2 rings (SSSR count). The van der Waals surface area contributed by atoms with E-state index in [1.165, 1.54) is 0 Å². The van der Waals surface area contributed by atoms with Gasteiger partial charge in [0.05, 0.1) is 32.8 Å². The lowest BCUT2D eigenvalue weighted by atomic mass is 10.0. The van der Waals surface area contributed by atoms with Crippen molar-refractivity contribution in [3.8, 4) is 5.75 Å². The first-order valence-electron chi connectivity index (χ1n) is 21.2. The summed E-state index contributed by atoms with van der Waals surface area (Å²) in [6, 6.07) is 7.22. The minimum absolute atomic E-state index is 0.0786. The monoisotopic (exact) mass is 819 g/mol. The number of benzene rings is 1. The Morgan fingerprint density at radius 3 is 1.78 bits per heavy atom. The maximum Gasteiger partial charge on any atom is 0.317 e. The molecule has 0 bridgehead atoms. The molecule has 0 spiro atoms. The zero-order chi connectivity index (χ0) is 42.4. The van der Waals surface area contributed by atoms with E-state index in [0.717, 1.165) is 82.5 Å². The van der Waals surface area contributed by atoms with E-state index >= 15 is 0 Å². The second-order valence-corrected chi connectivity index (χ2v) is 15.2. The van der Waals surface area contributed by atoms with E-state index in [9.17, 15) is 44.1 Å². The number of hydrogen-bond donors (Lipinski definition) is 5. The van der Waals surface area contributed by atoms with Gasteiger partial charge in [-0.15, -0.1) is 0 Å². The molecule has 5 N–H and O–H groups in total. The average Bonchev–Trinajstić information content (AvgIpc) is 3.17. The number of aldehydes is 1. The summed E-state index contributed by atoms with van der Waals surface area (Å²) in [5, 5.41) is 35.0. The molecule has 1 aromatic carbocycles. The Morgan fingerprint density at radius 1 is 0.655 bits per heavy atom. The van der Waals surface area contributed by atoms with Gasteiger partial charge in [0.15, 0.2) is 0 Å². The van der Waals surface area contributed by atoms with Crippen molar-refractivity contribution in [1.29, 1.82) is 0 Å². The number of nitrogens with one attached hydrogen (secondary N) is 2. The Labute approximate surface area is 344 Å². The molecule has 328 valence electrons.